The van der Waals surface area contributed by atoms with Crippen LogP contribution in [0.25, 0.3) is 0 Å². The van der Waals surface area contributed by atoms with E-state index in [2.05, 4.69) is 41.4 Å². The van der Waals surface area contributed by atoms with Gasteiger partial charge in [-0.3, -0.25) is 9.69 Å². The van der Waals surface area contributed by atoms with Crippen molar-refractivity contribution in [2.45, 2.75) is 19.1 Å². The second-order valence-corrected chi connectivity index (χ2v) is 9.33. The van der Waals surface area contributed by atoms with Gasteiger partial charge in [0.25, 0.3) is 5.91 Å². The summed E-state index contributed by atoms with van der Waals surface area (Å²) in [6.07, 6.45) is 0. The van der Waals surface area contributed by atoms with Gasteiger partial charge >= 0.3 is 0 Å². The molecule has 1 aliphatic heterocycles. The molecule has 0 bridgehead atoms. The van der Waals surface area contributed by atoms with Gasteiger partial charge in [-0.25, -0.2) is 0 Å². The number of carbonyl (C=O) groups is 1. The van der Waals surface area contributed by atoms with E-state index in [0.29, 0.717) is 35.4 Å². The lowest BCUT2D eigenvalue weighted by molar-refractivity contribution is -0.136. The Morgan fingerprint density at radius 3 is 2.09 bits per heavy atom. The van der Waals surface area contributed by atoms with Crippen LogP contribution in [0.1, 0.15) is 22.3 Å². The molecule has 3 aromatic rings. The molecule has 164 valence electrons. The summed E-state index contributed by atoms with van der Waals surface area (Å²) in [5.41, 5.74) is 2.15. The lowest BCUT2D eigenvalue weighted by Gasteiger charge is -2.28. The van der Waals surface area contributed by atoms with Crippen molar-refractivity contribution in [2.75, 3.05) is 19.6 Å². The molecule has 4 heteroatoms. The van der Waals surface area contributed by atoms with Crippen molar-refractivity contribution in [1.82, 2.24) is 10.2 Å². The molecule has 1 amide bonds. The number of amides is 1. The van der Waals surface area contributed by atoms with Crippen molar-refractivity contribution in [3.8, 4) is 0 Å². The van der Waals surface area contributed by atoms with Crippen molar-refractivity contribution in [3.63, 3.8) is 0 Å². The number of benzene rings is 3. The fraction of sp³-hybridized carbons (Fsp3) is 0.321. The number of hydrogen-bond donors (Lipinski definition) is 2. The highest BCUT2D eigenvalue weighted by Gasteiger charge is 2.55. The third kappa shape index (κ3) is 3.96. The molecule has 1 unspecified atom stereocenters. The van der Waals surface area contributed by atoms with Gasteiger partial charge in [0.1, 0.15) is 0 Å². The summed E-state index contributed by atoms with van der Waals surface area (Å²) in [6, 6.07) is 27.1. The Bertz CT molecular complexity index is 1030. The van der Waals surface area contributed by atoms with Crippen molar-refractivity contribution in [1.29, 1.82) is 0 Å². The lowest BCUT2D eigenvalue weighted by atomic mass is 9.85. The number of nitrogens with zero attached hydrogens (tertiary/aromatic N) is 1. The van der Waals surface area contributed by atoms with Crippen molar-refractivity contribution < 1.29 is 9.90 Å². The first kappa shape index (κ1) is 20.9. The van der Waals surface area contributed by atoms with Gasteiger partial charge in [0.15, 0.2) is 5.60 Å². The van der Waals surface area contributed by atoms with Gasteiger partial charge in [0.2, 0.25) is 0 Å². The maximum absolute atomic E-state index is 13.3. The van der Waals surface area contributed by atoms with Gasteiger partial charge in [-0.15, -0.1) is 0 Å². The van der Waals surface area contributed by atoms with Gasteiger partial charge in [0.05, 0.1) is 0 Å². The highest BCUT2D eigenvalue weighted by atomic mass is 16.3. The third-order valence-electron chi connectivity index (χ3n) is 7.15. The first-order chi connectivity index (χ1) is 15.6. The molecule has 32 heavy (non-hydrogen) atoms. The Kier molecular flexibility index (Phi) is 5.58. The molecule has 1 saturated carbocycles. The van der Waals surface area contributed by atoms with Crippen LogP contribution in [0.4, 0.5) is 0 Å². The Labute approximate surface area is 189 Å². The smallest absolute Gasteiger partial charge is 0.261 e. The predicted molar refractivity (Wildman–Crippen MR) is 126 cm³/mol. The molecule has 1 aliphatic carbocycles. The summed E-state index contributed by atoms with van der Waals surface area (Å²) in [6.45, 7) is 5.92. The number of piperidine rings is 1. The quantitative estimate of drug-likeness (QED) is 0.605. The topological polar surface area (TPSA) is 52.6 Å². The fourth-order valence-electron chi connectivity index (χ4n) is 5.36. The van der Waals surface area contributed by atoms with Crippen LogP contribution in [0.2, 0.25) is 0 Å². The van der Waals surface area contributed by atoms with Crippen LogP contribution in [0.3, 0.4) is 0 Å². The normalized spacial score (nSPS) is 22.4. The lowest BCUT2D eigenvalue weighted by Crippen LogP contribution is -2.46. The first-order valence-electron chi connectivity index (χ1n) is 11.5. The maximum Gasteiger partial charge on any atom is 0.261 e. The second-order valence-electron chi connectivity index (χ2n) is 9.33. The van der Waals surface area contributed by atoms with E-state index in [1.807, 2.05) is 60.7 Å². The molecular weight excluding hydrogens is 396 g/mol. The predicted octanol–water partition coefficient (Wildman–Crippen LogP) is 3.73. The third-order valence-corrected chi connectivity index (χ3v) is 7.15. The van der Waals surface area contributed by atoms with Crippen LogP contribution in [-0.4, -0.2) is 35.5 Å². The SMILES string of the molecule is Cc1cccc(CN2C[C@@H]3C(CNC(=O)C(O)(c4ccccc4)c4ccccc4)[C@@H]3C2)c1. The number of nitrogens with one attached hydrogen (secondary N) is 1. The summed E-state index contributed by atoms with van der Waals surface area (Å²) in [5, 5.41) is 14.6. The number of fused-ring (bicyclic) bond motifs is 1. The molecule has 1 heterocycles. The summed E-state index contributed by atoms with van der Waals surface area (Å²) >= 11 is 0. The number of hydrogen-bond acceptors (Lipinski definition) is 3. The van der Waals surface area contributed by atoms with E-state index in [4.69, 9.17) is 0 Å². The van der Waals surface area contributed by atoms with E-state index < -0.39 is 5.60 Å². The van der Waals surface area contributed by atoms with E-state index in [-0.39, 0.29) is 5.91 Å². The van der Waals surface area contributed by atoms with Gasteiger partial charge in [-0.2, -0.15) is 0 Å². The van der Waals surface area contributed by atoms with Gasteiger partial charge in [-0.05, 0) is 41.4 Å². The molecule has 1 saturated heterocycles. The van der Waals surface area contributed by atoms with E-state index in [1.165, 1.54) is 11.1 Å². The van der Waals surface area contributed by atoms with E-state index >= 15 is 0 Å². The standard InChI is InChI=1S/C28H30N2O2/c1-20-9-8-10-21(15-20)17-30-18-25-24(26(25)19-30)16-29-27(31)28(32,22-11-4-2-5-12-22)23-13-6-3-7-14-23/h2-15,24-26,32H,16-19H2,1H3,(H,29,31)/t24?,25-,26+. The zero-order valence-corrected chi connectivity index (χ0v) is 18.4. The molecule has 2 N–H and O–H groups in total. The molecular formula is C28H30N2O2. The average Bonchev–Trinajstić information content (AvgIpc) is 3.28. The van der Waals surface area contributed by atoms with Crippen molar-refractivity contribution in [2.24, 2.45) is 17.8 Å². The van der Waals surface area contributed by atoms with E-state index in [0.717, 1.165) is 19.6 Å². The Morgan fingerprint density at radius 2 is 1.53 bits per heavy atom. The summed E-state index contributed by atoms with van der Waals surface area (Å²) in [4.78, 5) is 15.8. The van der Waals surface area contributed by atoms with Crippen LogP contribution in [-0.2, 0) is 16.9 Å². The van der Waals surface area contributed by atoms with Crippen LogP contribution in [0.5, 0.6) is 0 Å². The Balaban J connectivity index is 1.21. The molecule has 0 radical (unpaired) electrons. The summed E-state index contributed by atoms with van der Waals surface area (Å²) < 4.78 is 0. The molecule has 4 nitrogen and oxygen atoms in total. The average molecular weight is 427 g/mol. The van der Waals surface area contributed by atoms with E-state index in [1.54, 1.807) is 0 Å². The first-order valence-corrected chi connectivity index (χ1v) is 11.5. The number of likely N-dealkylation sites (tertiary alicyclic amines) is 1. The van der Waals surface area contributed by atoms with Crippen LogP contribution >= 0.6 is 0 Å². The molecule has 3 atom stereocenters. The summed E-state index contributed by atoms with van der Waals surface area (Å²) in [7, 11) is 0. The van der Waals surface area contributed by atoms with Crippen LogP contribution in [0.15, 0.2) is 84.9 Å². The van der Waals surface area contributed by atoms with Crippen LogP contribution < -0.4 is 5.32 Å². The zero-order valence-electron chi connectivity index (χ0n) is 18.4. The minimum Gasteiger partial charge on any atom is -0.372 e. The molecule has 2 aliphatic rings. The van der Waals surface area contributed by atoms with Crippen molar-refractivity contribution >= 4 is 5.91 Å². The molecule has 0 aromatic heterocycles. The monoisotopic (exact) mass is 426 g/mol. The highest BCUT2D eigenvalue weighted by Crippen LogP contribution is 2.51. The molecule has 5 rings (SSSR count). The highest BCUT2D eigenvalue weighted by molar-refractivity contribution is 5.90. The number of aryl methyl sites for hydroxylation is 1. The number of rotatable bonds is 7. The molecule has 0 spiro atoms. The van der Waals surface area contributed by atoms with E-state index in [9.17, 15) is 9.90 Å². The summed E-state index contributed by atoms with van der Waals surface area (Å²) in [5.74, 6) is 1.43. The molecule has 2 fully saturated rings. The minimum atomic E-state index is -1.69. The second kappa shape index (κ2) is 8.53. The largest absolute Gasteiger partial charge is 0.372 e. The zero-order chi connectivity index (χ0) is 22.1. The number of carbonyl (C=O) groups excluding carboxylic acids is 1. The van der Waals surface area contributed by atoms with Crippen LogP contribution in [0, 0.1) is 24.7 Å². The fourth-order valence-corrected chi connectivity index (χ4v) is 5.36. The Morgan fingerprint density at radius 1 is 0.938 bits per heavy atom. The maximum atomic E-state index is 13.3. The Hall–Kier alpha value is -2.95. The van der Waals surface area contributed by atoms with Gasteiger partial charge < -0.3 is 10.4 Å². The number of aliphatic hydroxyl groups is 1. The van der Waals surface area contributed by atoms with Gasteiger partial charge in [0, 0.05) is 26.2 Å². The van der Waals surface area contributed by atoms with Crippen molar-refractivity contribution in [3.05, 3.63) is 107 Å². The molecule has 3 aromatic carbocycles. The minimum absolute atomic E-state index is 0.350. The van der Waals surface area contributed by atoms with Gasteiger partial charge in [-0.1, -0.05) is 90.5 Å².